The Balaban J connectivity index is 2.20. The minimum Gasteiger partial charge on any atom is -0.482 e. The molecule has 0 saturated heterocycles. The smallest absolute Gasteiger partial charge is 0.341 e. The molecule has 22 heavy (non-hydrogen) atoms. The summed E-state index contributed by atoms with van der Waals surface area (Å²) in [7, 11) is 0. The molecule has 0 atom stereocenters. The van der Waals surface area contributed by atoms with E-state index in [1.807, 2.05) is 6.07 Å². The third-order valence-corrected chi connectivity index (χ3v) is 3.04. The van der Waals surface area contributed by atoms with E-state index in [-0.39, 0.29) is 6.61 Å². The van der Waals surface area contributed by atoms with Crippen LogP contribution < -0.4 is 4.74 Å². The van der Waals surface area contributed by atoms with Crippen LogP contribution in [0.15, 0.2) is 48.5 Å². The second-order valence-corrected chi connectivity index (χ2v) is 4.87. The summed E-state index contributed by atoms with van der Waals surface area (Å²) < 4.78 is 5.05. The Morgan fingerprint density at radius 1 is 1.27 bits per heavy atom. The van der Waals surface area contributed by atoms with E-state index < -0.39 is 5.97 Å². The number of ether oxygens (including phenoxy) is 1. The zero-order valence-electron chi connectivity index (χ0n) is 11.5. The van der Waals surface area contributed by atoms with Gasteiger partial charge in [0.15, 0.2) is 6.61 Å². The number of nitriles is 1. The molecule has 0 bridgehead atoms. The maximum atomic E-state index is 10.4. The highest BCUT2D eigenvalue weighted by Gasteiger charge is 2.03. The van der Waals surface area contributed by atoms with Gasteiger partial charge in [0.25, 0.3) is 0 Å². The Morgan fingerprint density at radius 3 is 2.59 bits per heavy atom. The number of hydrogen-bond donors (Lipinski definition) is 1. The molecule has 0 heterocycles. The molecular formula is C17H12ClNO3. The molecule has 1 N–H and O–H groups in total. The number of halogens is 1. The molecule has 0 aliphatic rings. The zero-order valence-corrected chi connectivity index (χ0v) is 12.2. The van der Waals surface area contributed by atoms with Crippen molar-refractivity contribution in [2.45, 2.75) is 0 Å². The fraction of sp³-hybridized carbons (Fsp3) is 0.0588. The molecule has 0 radical (unpaired) electrons. The van der Waals surface area contributed by atoms with Gasteiger partial charge in [0.1, 0.15) is 5.75 Å². The van der Waals surface area contributed by atoms with Gasteiger partial charge < -0.3 is 9.84 Å². The van der Waals surface area contributed by atoms with Gasteiger partial charge in [-0.2, -0.15) is 5.26 Å². The van der Waals surface area contributed by atoms with Gasteiger partial charge in [0.2, 0.25) is 0 Å². The summed E-state index contributed by atoms with van der Waals surface area (Å²) in [6.07, 6.45) is 1.73. The predicted octanol–water partition coefficient (Wildman–Crippen LogP) is 3.87. The molecular weight excluding hydrogens is 302 g/mol. The third kappa shape index (κ3) is 4.37. The highest BCUT2D eigenvalue weighted by molar-refractivity contribution is 6.30. The van der Waals surface area contributed by atoms with Crippen LogP contribution in [-0.2, 0) is 4.79 Å². The largest absolute Gasteiger partial charge is 0.482 e. The summed E-state index contributed by atoms with van der Waals surface area (Å²) in [5.41, 5.74) is 2.03. The fourth-order valence-corrected chi connectivity index (χ4v) is 2.00. The third-order valence-electron chi connectivity index (χ3n) is 2.81. The van der Waals surface area contributed by atoms with Crippen LogP contribution in [0.25, 0.3) is 11.6 Å². The second-order valence-electron chi connectivity index (χ2n) is 4.43. The van der Waals surface area contributed by atoms with Crippen molar-refractivity contribution in [3.05, 3.63) is 64.7 Å². The highest BCUT2D eigenvalue weighted by atomic mass is 35.5. The van der Waals surface area contributed by atoms with E-state index in [1.54, 1.807) is 48.5 Å². The topological polar surface area (TPSA) is 70.3 Å². The van der Waals surface area contributed by atoms with Crippen molar-refractivity contribution in [1.82, 2.24) is 0 Å². The van der Waals surface area contributed by atoms with Crippen LogP contribution in [-0.4, -0.2) is 17.7 Å². The van der Waals surface area contributed by atoms with E-state index in [9.17, 15) is 10.1 Å². The van der Waals surface area contributed by atoms with Crippen LogP contribution in [0, 0.1) is 11.3 Å². The van der Waals surface area contributed by atoms with Gasteiger partial charge in [-0.05, 0) is 41.5 Å². The molecule has 2 aromatic rings. The SMILES string of the molecule is N#C/C(=C/c1ccc(OCC(=O)O)cc1)c1cccc(Cl)c1. The molecule has 110 valence electrons. The molecule has 0 aromatic heterocycles. The van der Waals surface area contributed by atoms with Crippen LogP contribution >= 0.6 is 11.6 Å². The van der Waals surface area contributed by atoms with Crippen molar-refractivity contribution in [1.29, 1.82) is 5.26 Å². The molecule has 0 saturated carbocycles. The Bertz CT molecular complexity index is 745. The number of benzene rings is 2. The number of carboxylic acid groups (broad SMARTS) is 1. The Morgan fingerprint density at radius 2 is 2.00 bits per heavy atom. The average Bonchev–Trinajstić information content (AvgIpc) is 2.51. The van der Waals surface area contributed by atoms with E-state index in [1.165, 1.54) is 0 Å². The van der Waals surface area contributed by atoms with Crippen LogP contribution in [0.4, 0.5) is 0 Å². The maximum Gasteiger partial charge on any atom is 0.341 e. The number of hydrogen-bond acceptors (Lipinski definition) is 3. The minimum atomic E-state index is -1.03. The molecule has 5 heteroatoms. The van der Waals surface area contributed by atoms with E-state index in [4.69, 9.17) is 21.4 Å². The standard InChI is InChI=1S/C17H12ClNO3/c18-15-3-1-2-13(9-15)14(10-19)8-12-4-6-16(7-5-12)22-11-17(20)21/h1-9H,11H2,(H,20,21)/b14-8-. The lowest BCUT2D eigenvalue weighted by atomic mass is 10.0. The summed E-state index contributed by atoms with van der Waals surface area (Å²) in [6.45, 7) is -0.388. The fourth-order valence-electron chi connectivity index (χ4n) is 1.81. The number of carboxylic acids is 1. The minimum absolute atomic E-state index is 0.388. The molecule has 0 aliphatic heterocycles. The van der Waals surface area contributed by atoms with E-state index in [0.29, 0.717) is 16.3 Å². The number of aliphatic carboxylic acids is 1. The normalized spacial score (nSPS) is 10.8. The molecule has 4 nitrogen and oxygen atoms in total. The zero-order chi connectivity index (χ0) is 15.9. The van der Waals surface area contributed by atoms with E-state index >= 15 is 0 Å². The first kappa shape index (κ1) is 15.6. The summed E-state index contributed by atoms with van der Waals surface area (Å²) >= 11 is 5.93. The molecule has 2 aromatic carbocycles. The van der Waals surface area contributed by atoms with Gasteiger partial charge in [-0.25, -0.2) is 4.79 Å². The second kappa shape index (κ2) is 7.30. The average molecular weight is 314 g/mol. The summed E-state index contributed by atoms with van der Waals surface area (Å²) in [5.74, 6) is -0.572. The number of nitrogens with zero attached hydrogens (tertiary/aromatic N) is 1. The Kier molecular flexibility index (Phi) is 5.18. The van der Waals surface area contributed by atoms with E-state index in [0.717, 1.165) is 11.1 Å². The van der Waals surface area contributed by atoms with Crippen molar-refractivity contribution >= 4 is 29.2 Å². The quantitative estimate of drug-likeness (QED) is 0.672. The first-order valence-corrected chi connectivity index (χ1v) is 6.78. The summed E-state index contributed by atoms with van der Waals surface area (Å²) in [4.78, 5) is 10.4. The lowest BCUT2D eigenvalue weighted by Crippen LogP contribution is -2.09. The maximum absolute atomic E-state index is 10.4. The molecule has 0 amide bonds. The predicted molar refractivity (Wildman–Crippen MR) is 84.5 cm³/mol. The van der Waals surface area contributed by atoms with Crippen LogP contribution in [0.1, 0.15) is 11.1 Å². The van der Waals surface area contributed by atoms with Gasteiger partial charge in [-0.15, -0.1) is 0 Å². The van der Waals surface area contributed by atoms with E-state index in [2.05, 4.69) is 6.07 Å². The number of carbonyl (C=O) groups is 1. The molecule has 0 aliphatic carbocycles. The van der Waals surface area contributed by atoms with Crippen LogP contribution in [0.2, 0.25) is 5.02 Å². The van der Waals surface area contributed by atoms with Gasteiger partial charge in [0, 0.05) is 5.02 Å². The monoisotopic (exact) mass is 313 g/mol. The van der Waals surface area contributed by atoms with Crippen LogP contribution in [0.3, 0.4) is 0 Å². The van der Waals surface area contributed by atoms with Gasteiger partial charge in [0.05, 0.1) is 11.6 Å². The lowest BCUT2D eigenvalue weighted by molar-refractivity contribution is -0.139. The highest BCUT2D eigenvalue weighted by Crippen LogP contribution is 2.22. The lowest BCUT2D eigenvalue weighted by Gasteiger charge is -2.04. The Hall–Kier alpha value is -2.77. The van der Waals surface area contributed by atoms with Crippen molar-refractivity contribution < 1.29 is 14.6 Å². The van der Waals surface area contributed by atoms with Gasteiger partial charge >= 0.3 is 5.97 Å². The molecule has 2 rings (SSSR count). The van der Waals surface area contributed by atoms with Crippen molar-refractivity contribution in [2.24, 2.45) is 0 Å². The first-order valence-electron chi connectivity index (χ1n) is 6.41. The molecule has 0 unspecified atom stereocenters. The summed E-state index contributed by atoms with van der Waals surface area (Å²) in [5, 5.41) is 18.4. The number of allylic oxidation sites excluding steroid dienone is 1. The first-order chi connectivity index (χ1) is 10.6. The summed E-state index contributed by atoms with van der Waals surface area (Å²) in [6, 6.07) is 16.0. The number of rotatable bonds is 5. The van der Waals surface area contributed by atoms with Crippen molar-refractivity contribution in [3.63, 3.8) is 0 Å². The Labute approximate surface area is 132 Å². The van der Waals surface area contributed by atoms with Gasteiger partial charge in [-0.1, -0.05) is 35.9 Å². The van der Waals surface area contributed by atoms with Crippen molar-refractivity contribution in [2.75, 3.05) is 6.61 Å². The van der Waals surface area contributed by atoms with Crippen molar-refractivity contribution in [3.8, 4) is 11.8 Å². The molecule has 0 fully saturated rings. The van der Waals surface area contributed by atoms with Gasteiger partial charge in [-0.3, -0.25) is 0 Å². The molecule has 0 spiro atoms. The van der Waals surface area contributed by atoms with Crippen LogP contribution in [0.5, 0.6) is 5.75 Å².